The Labute approximate surface area is 201 Å². The zero-order valence-electron chi connectivity index (χ0n) is 19.0. The van der Waals surface area contributed by atoms with Gasteiger partial charge < -0.3 is 14.4 Å². The lowest BCUT2D eigenvalue weighted by Gasteiger charge is -2.31. The van der Waals surface area contributed by atoms with Crippen molar-refractivity contribution in [2.75, 3.05) is 4.90 Å². The first-order valence-corrected chi connectivity index (χ1v) is 10.9. The molecule has 0 N–H and O–H groups in total. The zero-order valence-corrected chi connectivity index (χ0v) is 19.0. The number of anilines is 1. The number of benzene rings is 1. The van der Waals surface area contributed by atoms with Gasteiger partial charge in [0.15, 0.2) is 17.4 Å². The SMILES string of the molecule is CC1C=CC2(C)Cn3c(cc(OCc4cc(F)c(Oc5ccnc(C(F)(F)F)c5)c(F)c4)nc3=O)N12. The summed E-state index contributed by atoms with van der Waals surface area (Å²) in [6.45, 7) is 4.12. The van der Waals surface area contributed by atoms with E-state index < -0.39 is 40.7 Å². The van der Waals surface area contributed by atoms with E-state index in [1.165, 1.54) is 0 Å². The van der Waals surface area contributed by atoms with E-state index in [9.17, 15) is 26.7 Å². The molecule has 0 bridgehead atoms. The molecule has 0 saturated carbocycles. The van der Waals surface area contributed by atoms with E-state index in [4.69, 9.17) is 9.47 Å². The third-order valence-electron chi connectivity index (χ3n) is 6.07. The summed E-state index contributed by atoms with van der Waals surface area (Å²) in [6, 6.07) is 5.09. The molecule has 7 nitrogen and oxygen atoms in total. The standard InChI is InChI=1S/C24H19F5N4O3/c1-13-3-5-23(2)12-32-20(33(13)23)10-19(31-22(32)34)35-11-14-7-16(25)21(17(26)8-14)36-15-4-6-30-18(9-15)24(27,28)29/h3-10,13H,11-12H2,1-2H3. The molecule has 1 aromatic carbocycles. The second kappa shape index (κ2) is 8.32. The highest BCUT2D eigenvalue weighted by atomic mass is 19.4. The van der Waals surface area contributed by atoms with Gasteiger partial charge in [-0.1, -0.05) is 12.2 Å². The van der Waals surface area contributed by atoms with Gasteiger partial charge in [0.2, 0.25) is 5.88 Å². The number of halogens is 5. The molecule has 4 heterocycles. The van der Waals surface area contributed by atoms with Gasteiger partial charge in [0.1, 0.15) is 23.9 Å². The van der Waals surface area contributed by atoms with Crippen LogP contribution in [0.15, 0.2) is 53.5 Å². The molecule has 2 aliphatic rings. The van der Waals surface area contributed by atoms with Crippen LogP contribution in [0.4, 0.5) is 27.8 Å². The molecule has 188 valence electrons. The highest BCUT2D eigenvalue weighted by Crippen LogP contribution is 2.40. The molecule has 0 amide bonds. The number of pyridine rings is 1. The van der Waals surface area contributed by atoms with Crippen LogP contribution in [0.3, 0.4) is 0 Å². The summed E-state index contributed by atoms with van der Waals surface area (Å²) in [7, 11) is 0. The lowest BCUT2D eigenvalue weighted by molar-refractivity contribution is -0.141. The first-order chi connectivity index (χ1) is 16.9. The van der Waals surface area contributed by atoms with Gasteiger partial charge in [0, 0.05) is 24.4 Å². The molecule has 3 aromatic rings. The fourth-order valence-electron chi connectivity index (χ4n) is 4.49. The Morgan fingerprint density at radius 1 is 1.17 bits per heavy atom. The maximum Gasteiger partial charge on any atom is 0.433 e. The number of nitrogens with zero attached hydrogens (tertiary/aromatic N) is 4. The molecule has 2 unspecified atom stereocenters. The fraction of sp³-hybridized carbons (Fsp3) is 0.292. The predicted octanol–water partition coefficient (Wildman–Crippen LogP) is 4.84. The van der Waals surface area contributed by atoms with Crippen LogP contribution < -0.4 is 20.1 Å². The van der Waals surface area contributed by atoms with Gasteiger partial charge in [0.05, 0.1) is 12.1 Å². The van der Waals surface area contributed by atoms with Crippen LogP contribution >= 0.6 is 0 Å². The molecular weight excluding hydrogens is 487 g/mol. The summed E-state index contributed by atoms with van der Waals surface area (Å²) in [5.41, 5.74) is -2.06. The second-order valence-electron chi connectivity index (χ2n) is 8.80. The lowest BCUT2D eigenvalue weighted by Crippen LogP contribution is -2.42. The minimum Gasteiger partial charge on any atom is -0.473 e. The topological polar surface area (TPSA) is 69.5 Å². The molecule has 2 aromatic heterocycles. The summed E-state index contributed by atoms with van der Waals surface area (Å²) in [5, 5.41) is 0. The lowest BCUT2D eigenvalue weighted by atomic mass is 10.0. The van der Waals surface area contributed by atoms with Crippen LogP contribution in [-0.2, 0) is 19.3 Å². The molecule has 36 heavy (non-hydrogen) atoms. The molecule has 5 rings (SSSR count). The van der Waals surface area contributed by atoms with Gasteiger partial charge in [-0.3, -0.25) is 9.55 Å². The number of fused-ring (bicyclic) bond motifs is 3. The third-order valence-corrected chi connectivity index (χ3v) is 6.07. The molecular formula is C24H19F5N4O3. The van der Waals surface area contributed by atoms with Crippen molar-refractivity contribution in [3.05, 3.63) is 82.1 Å². The Balaban J connectivity index is 1.34. The molecule has 0 aliphatic carbocycles. The Hall–Kier alpha value is -3.96. The highest BCUT2D eigenvalue weighted by Gasteiger charge is 2.44. The zero-order chi connectivity index (χ0) is 25.8. The Bertz CT molecular complexity index is 1410. The van der Waals surface area contributed by atoms with E-state index in [2.05, 4.69) is 14.9 Å². The number of hydrogen-bond donors (Lipinski definition) is 0. The van der Waals surface area contributed by atoms with Crippen LogP contribution in [0.25, 0.3) is 0 Å². The maximum atomic E-state index is 14.6. The third kappa shape index (κ3) is 4.16. The number of hydrogen-bond acceptors (Lipinski definition) is 6. The first-order valence-electron chi connectivity index (χ1n) is 10.9. The van der Waals surface area contributed by atoms with Crippen LogP contribution in [-0.4, -0.2) is 26.1 Å². The van der Waals surface area contributed by atoms with Crippen molar-refractivity contribution in [3.8, 4) is 17.4 Å². The minimum absolute atomic E-state index is 0.00721. The van der Waals surface area contributed by atoms with Crippen LogP contribution in [0.2, 0.25) is 0 Å². The Morgan fingerprint density at radius 2 is 1.89 bits per heavy atom. The summed E-state index contributed by atoms with van der Waals surface area (Å²) in [4.78, 5) is 21.7. The molecule has 0 spiro atoms. The van der Waals surface area contributed by atoms with Gasteiger partial charge in [-0.05, 0) is 37.6 Å². The van der Waals surface area contributed by atoms with E-state index in [0.717, 1.165) is 24.4 Å². The summed E-state index contributed by atoms with van der Waals surface area (Å²) >= 11 is 0. The smallest absolute Gasteiger partial charge is 0.433 e. The van der Waals surface area contributed by atoms with Crippen LogP contribution in [0.5, 0.6) is 17.4 Å². The van der Waals surface area contributed by atoms with Gasteiger partial charge >= 0.3 is 11.9 Å². The van der Waals surface area contributed by atoms with Crippen molar-refractivity contribution in [2.24, 2.45) is 0 Å². The fourth-order valence-corrected chi connectivity index (χ4v) is 4.49. The summed E-state index contributed by atoms with van der Waals surface area (Å²) < 4.78 is 79.8. The van der Waals surface area contributed by atoms with Gasteiger partial charge in [-0.15, -0.1) is 0 Å². The number of rotatable bonds is 5. The average Bonchev–Trinajstić information content (AvgIpc) is 3.27. The molecule has 2 aliphatic heterocycles. The van der Waals surface area contributed by atoms with Crippen molar-refractivity contribution in [1.29, 1.82) is 0 Å². The van der Waals surface area contributed by atoms with E-state index in [-0.39, 0.29) is 29.6 Å². The number of ether oxygens (including phenoxy) is 2. The van der Waals surface area contributed by atoms with E-state index >= 15 is 0 Å². The molecule has 12 heteroatoms. The highest BCUT2D eigenvalue weighted by molar-refractivity contribution is 5.56. The molecule has 0 radical (unpaired) electrons. The van der Waals surface area contributed by atoms with E-state index in [1.807, 2.05) is 26.0 Å². The predicted molar refractivity (Wildman–Crippen MR) is 118 cm³/mol. The maximum absolute atomic E-state index is 14.6. The number of aromatic nitrogens is 3. The van der Waals surface area contributed by atoms with Crippen LogP contribution in [0, 0.1) is 11.6 Å². The van der Waals surface area contributed by atoms with Crippen molar-refractivity contribution < 1.29 is 31.4 Å². The van der Waals surface area contributed by atoms with E-state index in [0.29, 0.717) is 18.4 Å². The van der Waals surface area contributed by atoms with Crippen molar-refractivity contribution in [1.82, 2.24) is 14.5 Å². The molecule has 2 atom stereocenters. The van der Waals surface area contributed by atoms with Crippen molar-refractivity contribution >= 4 is 5.82 Å². The summed E-state index contributed by atoms with van der Waals surface area (Å²) in [5.74, 6) is -2.97. The monoisotopic (exact) mass is 506 g/mol. The summed E-state index contributed by atoms with van der Waals surface area (Å²) in [6.07, 6.45) is 0.160. The minimum atomic E-state index is -4.74. The first kappa shape index (κ1) is 23.8. The van der Waals surface area contributed by atoms with Gasteiger partial charge in [-0.2, -0.15) is 18.2 Å². The molecule has 0 fully saturated rings. The van der Waals surface area contributed by atoms with Gasteiger partial charge in [-0.25, -0.2) is 13.6 Å². The molecule has 0 saturated heterocycles. The van der Waals surface area contributed by atoms with Crippen LogP contribution in [0.1, 0.15) is 25.1 Å². The van der Waals surface area contributed by atoms with Crippen molar-refractivity contribution in [3.63, 3.8) is 0 Å². The quantitative estimate of drug-likeness (QED) is 0.364. The largest absolute Gasteiger partial charge is 0.473 e. The normalized spacial score (nSPS) is 20.4. The average molecular weight is 506 g/mol. The van der Waals surface area contributed by atoms with Gasteiger partial charge in [0.25, 0.3) is 0 Å². The second-order valence-corrected chi connectivity index (χ2v) is 8.80. The van der Waals surface area contributed by atoms with E-state index in [1.54, 1.807) is 10.6 Å². The number of alkyl halides is 3. The van der Waals surface area contributed by atoms with Crippen molar-refractivity contribution in [2.45, 2.75) is 44.8 Å². The Morgan fingerprint density at radius 3 is 2.58 bits per heavy atom. The Kier molecular flexibility index (Phi) is 5.49.